The zero-order valence-corrected chi connectivity index (χ0v) is 10.9. The van der Waals surface area contributed by atoms with Crippen molar-refractivity contribution in [3.63, 3.8) is 0 Å². The van der Waals surface area contributed by atoms with Gasteiger partial charge in [0, 0.05) is 36.6 Å². The number of nitrogens with one attached hydrogen (secondary N) is 1. The number of hydrogen-bond donors (Lipinski definition) is 1. The largest absolute Gasteiger partial charge is 0.472 e. The van der Waals surface area contributed by atoms with Gasteiger partial charge < -0.3 is 14.6 Å². The summed E-state index contributed by atoms with van der Waals surface area (Å²) in [6.45, 7) is 3.96. The molecule has 2 heterocycles. The van der Waals surface area contributed by atoms with Crippen LogP contribution in [-0.2, 0) is 13.1 Å². The van der Waals surface area contributed by atoms with Crippen LogP contribution in [0.15, 0.2) is 40.5 Å². The van der Waals surface area contributed by atoms with Crippen molar-refractivity contribution in [3.8, 4) is 0 Å². The number of rotatable bonds is 7. The second-order valence-electron chi connectivity index (χ2n) is 4.13. The first-order valence-electron chi connectivity index (χ1n) is 5.77. The molecule has 0 radical (unpaired) electrons. The standard InChI is InChI=1S/C13H18N2OS/c1-15(10-12-4-7-16-11-12)6-5-14-9-13-3-2-8-17-13/h2-4,7-8,11,14H,5-6,9-10H2,1H3. The molecule has 0 saturated carbocycles. The Morgan fingerprint density at radius 2 is 2.35 bits per heavy atom. The molecule has 0 aliphatic heterocycles. The van der Waals surface area contributed by atoms with Crippen LogP contribution in [0.25, 0.3) is 0 Å². The van der Waals surface area contributed by atoms with Crippen LogP contribution in [0, 0.1) is 0 Å². The van der Waals surface area contributed by atoms with E-state index in [-0.39, 0.29) is 0 Å². The third kappa shape index (κ3) is 4.34. The van der Waals surface area contributed by atoms with Gasteiger partial charge in [0.1, 0.15) is 0 Å². The molecule has 0 bridgehead atoms. The summed E-state index contributed by atoms with van der Waals surface area (Å²) in [6.07, 6.45) is 3.52. The molecule has 0 fully saturated rings. The molecule has 2 aromatic rings. The Kier molecular flexibility index (Phi) is 4.79. The molecular formula is C13H18N2OS. The van der Waals surface area contributed by atoms with E-state index in [9.17, 15) is 0 Å². The fourth-order valence-electron chi connectivity index (χ4n) is 1.67. The van der Waals surface area contributed by atoms with E-state index in [1.54, 1.807) is 23.9 Å². The number of likely N-dealkylation sites (N-methyl/N-ethyl adjacent to an activating group) is 1. The molecule has 0 atom stereocenters. The summed E-state index contributed by atoms with van der Waals surface area (Å²) >= 11 is 1.80. The van der Waals surface area contributed by atoms with Crippen molar-refractivity contribution in [2.75, 3.05) is 20.1 Å². The monoisotopic (exact) mass is 250 g/mol. The number of furan rings is 1. The molecule has 0 aromatic carbocycles. The molecule has 0 saturated heterocycles. The van der Waals surface area contributed by atoms with Crippen molar-refractivity contribution in [3.05, 3.63) is 46.5 Å². The Bertz CT molecular complexity index is 397. The number of hydrogen-bond acceptors (Lipinski definition) is 4. The van der Waals surface area contributed by atoms with E-state index < -0.39 is 0 Å². The van der Waals surface area contributed by atoms with Crippen molar-refractivity contribution in [2.24, 2.45) is 0 Å². The molecule has 1 N–H and O–H groups in total. The maximum absolute atomic E-state index is 5.05. The molecule has 0 amide bonds. The highest BCUT2D eigenvalue weighted by Crippen LogP contribution is 2.07. The molecule has 0 unspecified atom stereocenters. The lowest BCUT2D eigenvalue weighted by molar-refractivity contribution is 0.323. The van der Waals surface area contributed by atoms with E-state index in [1.807, 2.05) is 6.07 Å². The van der Waals surface area contributed by atoms with Crippen molar-refractivity contribution >= 4 is 11.3 Å². The van der Waals surface area contributed by atoms with Crippen LogP contribution < -0.4 is 5.32 Å². The summed E-state index contributed by atoms with van der Waals surface area (Å²) in [7, 11) is 2.12. The van der Waals surface area contributed by atoms with Gasteiger partial charge in [-0.2, -0.15) is 0 Å². The van der Waals surface area contributed by atoms with Gasteiger partial charge in [0.25, 0.3) is 0 Å². The van der Waals surface area contributed by atoms with Gasteiger partial charge in [-0.05, 0) is 24.6 Å². The Balaban J connectivity index is 1.58. The lowest BCUT2D eigenvalue weighted by atomic mass is 10.3. The quantitative estimate of drug-likeness (QED) is 0.766. The average molecular weight is 250 g/mol. The summed E-state index contributed by atoms with van der Waals surface area (Å²) in [5.41, 5.74) is 1.23. The number of nitrogens with zero attached hydrogens (tertiary/aromatic N) is 1. The SMILES string of the molecule is CN(CCNCc1cccs1)Cc1ccoc1. The molecule has 0 aliphatic rings. The van der Waals surface area contributed by atoms with Gasteiger partial charge >= 0.3 is 0 Å². The molecule has 4 heteroatoms. The smallest absolute Gasteiger partial charge is 0.0947 e. The molecule has 17 heavy (non-hydrogen) atoms. The van der Waals surface area contributed by atoms with E-state index in [0.29, 0.717) is 0 Å². The zero-order chi connectivity index (χ0) is 11.9. The molecule has 3 nitrogen and oxygen atoms in total. The Labute approximate surface area is 106 Å². The van der Waals surface area contributed by atoms with Crippen molar-refractivity contribution in [1.82, 2.24) is 10.2 Å². The van der Waals surface area contributed by atoms with Gasteiger partial charge in [-0.1, -0.05) is 6.07 Å². The van der Waals surface area contributed by atoms with Crippen LogP contribution >= 0.6 is 11.3 Å². The third-order valence-electron chi connectivity index (χ3n) is 2.58. The molecule has 2 aromatic heterocycles. The molecule has 92 valence electrons. The topological polar surface area (TPSA) is 28.4 Å². The second kappa shape index (κ2) is 6.59. The fourth-order valence-corrected chi connectivity index (χ4v) is 2.34. The highest BCUT2D eigenvalue weighted by atomic mass is 32.1. The first kappa shape index (κ1) is 12.4. The van der Waals surface area contributed by atoms with E-state index in [2.05, 4.69) is 34.8 Å². The minimum Gasteiger partial charge on any atom is -0.472 e. The van der Waals surface area contributed by atoms with Gasteiger partial charge in [0.05, 0.1) is 12.5 Å². The van der Waals surface area contributed by atoms with Gasteiger partial charge in [0.15, 0.2) is 0 Å². The van der Waals surface area contributed by atoms with E-state index in [1.165, 1.54) is 10.4 Å². The van der Waals surface area contributed by atoms with Crippen molar-refractivity contribution < 1.29 is 4.42 Å². The molecule has 0 aliphatic carbocycles. The predicted octanol–water partition coefficient (Wildman–Crippen LogP) is 2.56. The van der Waals surface area contributed by atoms with Gasteiger partial charge in [-0.15, -0.1) is 11.3 Å². The molecule has 0 spiro atoms. The summed E-state index contributed by atoms with van der Waals surface area (Å²) < 4.78 is 5.05. The van der Waals surface area contributed by atoms with Crippen LogP contribution in [0.2, 0.25) is 0 Å². The van der Waals surface area contributed by atoms with Crippen LogP contribution in [-0.4, -0.2) is 25.0 Å². The summed E-state index contributed by atoms with van der Waals surface area (Å²) in [5.74, 6) is 0. The minimum atomic E-state index is 0.942. The van der Waals surface area contributed by atoms with Gasteiger partial charge in [-0.25, -0.2) is 0 Å². The predicted molar refractivity (Wildman–Crippen MR) is 71.1 cm³/mol. The highest BCUT2D eigenvalue weighted by Gasteiger charge is 2.01. The van der Waals surface area contributed by atoms with Gasteiger partial charge in [0.2, 0.25) is 0 Å². The van der Waals surface area contributed by atoms with Crippen molar-refractivity contribution in [2.45, 2.75) is 13.1 Å². The minimum absolute atomic E-state index is 0.942. The van der Waals surface area contributed by atoms with Crippen LogP contribution in [0.1, 0.15) is 10.4 Å². The zero-order valence-electron chi connectivity index (χ0n) is 10.1. The fraction of sp³-hybridized carbons (Fsp3) is 0.385. The normalized spacial score (nSPS) is 11.2. The Morgan fingerprint density at radius 1 is 1.41 bits per heavy atom. The lowest BCUT2D eigenvalue weighted by Gasteiger charge is -2.15. The average Bonchev–Trinajstić information content (AvgIpc) is 2.96. The summed E-state index contributed by atoms with van der Waals surface area (Å²) in [5, 5.41) is 5.56. The molecule has 2 rings (SSSR count). The first-order valence-corrected chi connectivity index (χ1v) is 6.65. The van der Waals surface area contributed by atoms with Crippen LogP contribution in [0.4, 0.5) is 0 Å². The maximum Gasteiger partial charge on any atom is 0.0947 e. The summed E-state index contributed by atoms with van der Waals surface area (Å²) in [4.78, 5) is 3.68. The third-order valence-corrected chi connectivity index (χ3v) is 3.46. The van der Waals surface area contributed by atoms with E-state index in [4.69, 9.17) is 4.42 Å². The molecular weight excluding hydrogens is 232 g/mol. The van der Waals surface area contributed by atoms with Gasteiger partial charge in [-0.3, -0.25) is 0 Å². The summed E-state index contributed by atoms with van der Waals surface area (Å²) in [6, 6.07) is 6.26. The second-order valence-corrected chi connectivity index (χ2v) is 5.16. The Hall–Kier alpha value is -1.10. The lowest BCUT2D eigenvalue weighted by Crippen LogP contribution is -2.28. The first-order chi connectivity index (χ1) is 8.34. The van der Waals surface area contributed by atoms with Crippen LogP contribution in [0.3, 0.4) is 0 Å². The van der Waals surface area contributed by atoms with Crippen molar-refractivity contribution in [1.29, 1.82) is 0 Å². The highest BCUT2D eigenvalue weighted by molar-refractivity contribution is 7.09. The van der Waals surface area contributed by atoms with E-state index in [0.717, 1.165) is 26.2 Å². The van der Waals surface area contributed by atoms with Crippen LogP contribution in [0.5, 0.6) is 0 Å². The number of thiophene rings is 1. The van der Waals surface area contributed by atoms with E-state index >= 15 is 0 Å². The maximum atomic E-state index is 5.05. The Morgan fingerprint density at radius 3 is 3.06 bits per heavy atom.